The van der Waals surface area contributed by atoms with Crippen LogP contribution in [0.1, 0.15) is 36.2 Å². The number of likely N-dealkylation sites (N-methyl/N-ethyl adjacent to an activating group) is 1. The minimum atomic E-state index is -0.316. The van der Waals surface area contributed by atoms with E-state index in [9.17, 15) is 9.59 Å². The van der Waals surface area contributed by atoms with Gasteiger partial charge >= 0.3 is 0 Å². The van der Waals surface area contributed by atoms with Gasteiger partial charge in [-0.15, -0.1) is 11.8 Å². The van der Waals surface area contributed by atoms with Gasteiger partial charge in [0.2, 0.25) is 5.91 Å². The number of carbonyl (C=O) groups is 2. The van der Waals surface area contributed by atoms with Crippen LogP contribution in [-0.2, 0) is 4.79 Å². The van der Waals surface area contributed by atoms with E-state index in [1.165, 1.54) is 41.7 Å². The molecule has 2 aromatic rings. The van der Waals surface area contributed by atoms with Crippen LogP contribution in [-0.4, -0.2) is 35.6 Å². The fraction of sp³-hybridized carbons (Fsp3) is 0.368. The lowest BCUT2D eigenvalue weighted by Crippen LogP contribution is -2.34. The number of amides is 2. The molecule has 0 atom stereocenters. The number of benzene rings is 1. The number of furan rings is 1. The van der Waals surface area contributed by atoms with Crippen LogP contribution in [0.5, 0.6) is 0 Å². The Morgan fingerprint density at radius 2 is 1.92 bits per heavy atom. The van der Waals surface area contributed by atoms with Crippen LogP contribution in [0.3, 0.4) is 0 Å². The van der Waals surface area contributed by atoms with Crippen LogP contribution >= 0.6 is 11.8 Å². The molecule has 1 saturated carbocycles. The van der Waals surface area contributed by atoms with E-state index in [1.54, 1.807) is 19.2 Å². The van der Waals surface area contributed by atoms with Crippen LogP contribution in [0.25, 0.3) is 0 Å². The number of hydrogen-bond donors (Lipinski definition) is 1. The number of thioether (sulfide) groups is 1. The highest BCUT2D eigenvalue weighted by Gasteiger charge is 2.18. The van der Waals surface area contributed by atoms with E-state index in [4.69, 9.17) is 4.42 Å². The van der Waals surface area contributed by atoms with E-state index < -0.39 is 0 Å². The summed E-state index contributed by atoms with van der Waals surface area (Å²) in [5.41, 5.74) is 0.736. The number of nitrogens with one attached hydrogen (secondary N) is 1. The third-order valence-corrected chi connectivity index (χ3v) is 5.55. The van der Waals surface area contributed by atoms with Crippen LogP contribution < -0.4 is 5.32 Å². The Morgan fingerprint density at radius 3 is 2.56 bits per heavy atom. The Labute approximate surface area is 151 Å². The van der Waals surface area contributed by atoms with Crippen LogP contribution in [0, 0.1) is 0 Å². The highest BCUT2D eigenvalue weighted by atomic mass is 32.2. The second kappa shape index (κ2) is 8.25. The second-order valence-electron chi connectivity index (χ2n) is 6.24. The van der Waals surface area contributed by atoms with Gasteiger partial charge in [0.25, 0.3) is 5.91 Å². The van der Waals surface area contributed by atoms with Gasteiger partial charge in [-0.3, -0.25) is 9.59 Å². The first kappa shape index (κ1) is 17.6. The summed E-state index contributed by atoms with van der Waals surface area (Å²) in [5, 5.41) is 3.54. The van der Waals surface area contributed by atoms with Crippen molar-refractivity contribution in [2.75, 3.05) is 18.9 Å². The van der Waals surface area contributed by atoms with Gasteiger partial charge in [-0.1, -0.05) is 12.8 Å². The maximum atomic E-state index is 12.1. The summed E-state index contributed by atoms with van der Waals surface area (Å²) in [5.74, 6) is -0.328. The zero-order valence-corrected chi connectivity index (χ0v) is 15.1. The summed E-state index contributed by atoms with van der Waals surface area (Å²) < 4.78 is 5.06. The van der Waals surface area contributed by atoms with E-state index in [0.29, 0.717) is 0 Å². The molecule has 2 amide bonds. The Balaban J connectivity index is 1.49. The lowest BCUT2D eigenvalue weighted by atomic mass is 10.3. The van der Waals surface area contributed by atoms with Crippen molar-refractivity contribution >= 4 is 29.3 Å². The van der Waals surface area contributed by atoms with Crippen molar-refractivity contribution in [3.05, 3.63) is 48.4 Å². The van der Waals surface area contributed by atoms with Crippen molar-refractivity contribution in [2.45, 2.75) is 35.8 Å². The average Bonchev–Trinajstić information content (AvgIpc) is 3.29. The molecule has 0 spiro atoms. The fourth-order valence-electron chi connectivity index (χ4n) is 2.89. The largest absolute Gasteiger partial charge is 0.459 e. The highest BCUT2D eigenvalue weighted by Crippen LogP contribution is 2.34. The standard InChI is InChI=1S/C19H22N2O3S/c1-21(19(23)17-7-4-12-24-17)13-18(22)20-14-8-10-16(11-9-14)25-15-5-2-3-6-15/h4,7-12,15H,2-3,5-6,13H2,1H3,(H,20,22). The predicted octanol–water partition coefficient (Wildman–Crippen LogP) is 4.03. The molecule has 1 N–H and O–H groups in total. The normalized spacial score (nSPS) is 14.4. The summed E-state index contributed by atoms with van der Waals surface area (Å²) in [6, 6.07) is 11.1. The van der Waals surface area contributed by atoms with Crippen LogP contribution in [0.15, 0.2) is 52.0 Å². The van der Waals surface area contributed by atoms with Gasteiger partial charge in [0.05, 0.1) is 12.8 Å². The van der Waals surface area contributed by atoms with Gasteiger partial charge in [0, 0.05) is 22.9 Å². The van der Waals surface area contributed by atoms with E-state index >= 15 is 0 Å². The smallest absolute Gasteiger partial charge is 0.289 e. The van der Waals surface area contributed by atoms with E-state index in [2.05, 4.69) is 5.32 Å². The van der Waals surface area contributed by atoms with Crippen LogP contribution in [0.4, 0.5) is 5.69 Å². The van der Waals surface area contributed by atoms with E-state index in [1.807, 2.05) is 36.0 Å². The van der Waals surface area contributed by atoms with Crippen molar-refractivity contribution < 1.29 is 14.0 Å². The first-order valence-electron chi connectivity index (χ1n) is 8.47. The molecule has 25 heavy (non-hydrogen) atoms. The molecule has 132 valence electrons. The maximum absolute atomic E-state index is 12.1. The lowest BCUT2D eigenvalue weighted by molar-refractivity contribution is -0.116. The first-order chi connectivity index (χ1) is 12.1. The van der Waals surface area contributed by atoms with Gasteiger partial charge in [0.15, 0.2) is 5.76 Å². The summed E-state index contributed by atoms with van der Waals surface area (Å²) >= 11 is 1.92. The Hall–Kier alpha value is -2.21. The van der Waals surface area contributed by atoms with Gasteiger partial charge in [-0.05, 0) is 49.2 Å². The van der Waals surface area contributed by atoms with E-state index in [-0.39, 0.29) is 24.1 Å². The summed E-state index contributed by atoms with van der Waals surface area (Å²) in [6.07, 6.45) is 6.68. The molecule has 1 aromatic heterocycles. The zero-order valence-electron chi connectivity index (χ0n) is 14.2. The Morgan fingerprint density at radius 1 is 1.20 bits per heavy atom. The van der Waals surface area contributed by atoms with Crippen LogP contribution in [0.2, 0.25) is 0 Å². The van der Waals surface area contributed by atoms with Gasteiger partial charge < -0.3 is 14.6 Å². The molecule has 1 heterocycles. The molecule has 0 bridgehead atoms. The van der Waals surface area contributed by atoms with Gasteiger partial charge in [0.1, 0.15) is 0 Å². The fourth-order valence-corrected chi connectivity index (χ4v) is 4.14. The third kappa shape index (κ3) is 4.89. The number of carbonyl (C=O) groups excluding carboxylic acids is 2. The number of hydrogen-bond acceptors (Lipinski definition) is 4. The number of nitrogens with zero attached hydrogens (tertiary/aromatic N) is 1. The Bertz CT molecular complexity index is 707. The van der Waals surface area contributed by atoms with Crippen molar-refractivity contribution in [2.24, 2.45) is 0 Å². The summed E-state index contributed by atoms with van der Waals surface area (Å²) in [6.45, 7) is -0.0297. The molecular formula is C19H22N2O3S. The Kier molecular flexibility index (Phi) is 5.81. The monoisotopic (exact) mass is 358 g/mol. The van der Waals surface area contributed by atoms with Crippen molar-refractivity contribution in [3.8, 4) is 0 Å². The third-order valence-electron chi connectivity index (χ3n) is 4.20. The molecule has 0 unspecified atom stereocenters. The summed E-state index contributed by atoms with van der Waals surface area (Å²) in [7, 11) is 1.58. The number of rotatable bonds is 6. The molecule has 5 nitrogen and oxygen atoms in total. The lowest BCUT2D eigenvalue weighted by Gasteiger charge is -2.15. The minimum absolute atomic E-state index is 0.0297. The molecule has 0 radical (unpaired) electrons. The highest BCUT2D eigenvalue weighted by molar-refractivity contribution is 8.00. The second-order valence-corrected chi connectivity index (χ2v) is 7.61. The molecule has 0 aliphatic heterocycles. The number of anilines is 1. The van der Waals surface area contributed by atoms with Gasteiger partial charge in [-0.25, -0.2) is 0 Å². The topological polar surface area (TPSA) is 62.6 Å². The predicted molar refractivity (Wildman–Crippen MR) is 98.9 cm³/mol. The van der Waals surface area contributed by atoms with Gasteiger partial charge in [-0.2, -0.15) is 0 Å². The quantitative estimate of drug-likeness (QED) is 0.847. The SMILES string of the molecule is CN(CC(=O)Nc1ccc(SC2CCCC2)cc1)C(=O)c1ccco1. The molecule has 0 saturated heterocycles. The minimum Gasteiger partial charge on any atom is -0.459 e. The van der Waals surface area contributed by atoms with Crippen molar-refractivity contribution in [1.82, 2.24) is 4.90 Å². The molecular weight excluding hydrogens is 336 g/mol. The van der Waals surface area contributed by atoms with Crippen molar-refractivity contribution in [1.29, 1.82) is 0 Å². The molecule has 1 aliphatic carbocycles. The zero-order chi connectivity index (χ0) is 17.6. The average molecular weight is 358 g/mol. The summed E-state index contributed by atoms with van der Waals surface area (Å²) in [4.78, 5) is 26.7. The molecule has 3 rings (SSSR count). The molecule has 1 aliphatic rings. The first-order valence-corrected chi connectivity index (χ1v) is 9.35. The maximum Gasteiger partial charge on any atom is 0.289 e. The molecule has 1 aromatic carbocycles. The molecule has 1 fully saturated rings. The van der Waals surface area contributed by atoms with E-state index in [0.717, 1.165) is 10.9 Å². The van der Waals surface area contributed by atoms with Crippen molar-refractivity contribution in [3.63, 3.8) is 0 Å². The molecule has 6 heteroatoms.